The first-order chi connectivity index (χ1) is 11.3. The number of rotatable bonds is 4. The summed E-state index contributed by atoms with van der Waals surface area (Å²) in [5.41, 5.74) is 0.709. The van der Waals surface area contributed by atoms with Gasteiger partial charge >= 0.3 is 0 Å². The normalized spacial score (nSPS) is 10.4. The van der Waals surface area contributed by atoms with Gasteiger partial charge in [-0.3, -0.25) is 9.59 Å². The van der Waals surface area contributed by atoms with Crippen molar-refractivity contribution in [2.45, 2.75) is 0 Å². The molecule has 0 radical (unpaired) electrons. The van der Waals surface area contributed by atoms with Crippen LogP contribution < -0.4 is 5.32 Å². The summed E-state index contributed by atoms with van der Waals surface area (Å²) < 4.78 is 0. The zero-order valence-corrected chi connectivity index (χ0v) is 15.3. The highest BCUT2D eigenvalue weighted by molar-refractivity contribution is 6.42. The van der Waals surface area contributed by atoms with E-state index in [0.717, 1.165) is 0 Å². The summed E-state index contributed by atoms with van der Waals surface area (Å²) in [6, 6.07) is 6.09. The summed E-state index contributed by atoms with van der Waals surface area (Å²) in [5.74, 6) is -0.803. The number of nitrogens with one attached hydrogen (secondary N) is 1. The first-order valence-electron chi connectivity index (χ1n) is 6.59. The predicted molar refractivity (Wildman–Crippen MR) is 96.3 cm³/mol. The molecular weight excluding hydrogens is 396 g/mol. The van der Waals surface area contributed by atoms with Crippen molar-refractivity contribution in [1.82, 2.24) is 9.88 Å². The van der Waals surface area contributed by atoms with Gasteiger partial charge < -0.3 is 10.2 Å². The van der Waals surface area contributed by atoms with E-state index in [2.05, 4.69) is 10.3 Å². The van der Waals surface area contributed by atoms with Crippen molar-refractivity contribution < 1.29 is 9.59 Å². The SMILES string of the molecule is CN(CC(=O)Nc1ccc(Cl)c(Cl)c1)C(=O)c1cnc(Cl)c(Cl)c1. The number of carbonyl (C=O) groups is 2. The van der Waals surface area contributed by atoms with Crippen molar-refractivity contribution >= 4 is 63.9 Å². The van der Waals surface area contributed by atoms with Gasteiger partial charge in [0, 0.05) is 18.9 Å². The van der Waals surface area contributed by atoms with Crippen molar-refractivity contribution in [1.29, 1.82) is 0 Å². The van der Waals surface area contributed by atoms with Crippen molar-refractivity contribution in [3.8, 4) is 0 Å². The molecule has 1 aromatic carbocycles. The van der Waals surface area contributed by atoms with E-state index in [4.69, 9.17) is 46.4 Å². The zero-order valence-electron chi connectivity index (χ0n) is 12.3. The lowest BCUT2D eigenvalue weighted by Gasteiger charge is -2.17. The lowest BCUT2D eigenvalue weighted by Crippen LogP contribution is -2.35. The lowest BCUT2D eigenvalue weighted by atomic mass is 10.2. The van der Waals surface area contributed by atoms with E-state index in [0.29, 0.717) is 15.7 Å². The fourth-order valence-corrected chi connectivity index (χ4v) is 2.39. The van der Waals surface area contributed by atoms with E-state index in [1.165, 1.54) is 30.3 Å². The molecule has 0 fully saturated rings. The van der Waals surface area contributed by atoms with Gasteiger partial charge in [-0.25, -0.2) is 4.98 Å². The first kappa shape index (κ1) is 18.8. The Hall–Kier alpha value is -1.53. The Morgan fingerprint density at radius 3 is 2.42 bits per heavy atom. The molecule has 0 aliphatic carbocycles. The fourth-order valence-electron chi connectivity index (χ4n) is 1.82. The smallest absolute Gasteiger partial charge is 0.255 e. The number of amides is 2. The van der Waals surface area contributed by atoms with Crippen LogP contribution in [0, 0.1) is 0 Å². The van der Waals surface area contributed by atoms with Gasteiger partial charge in [0.25, 0.3) is 5.91 Å². The van der Waals surface area contributed by atoms with Crippen LogP contribution in [0.5, 0.6) is 0 Å². The second-order valence-corrected chi connectivity index (χ2v) is 6.41. The van der Waals surface area contributed by atoms with E-state index in [9.17, 15) is 9.59 Å². The monoisotopic (exact) mass is 405 g/mol. The topological polar surface area (TPSA) is 62.3 Å². The molecule has 126 valence electrons. The van der Waals surface area contributed by atoms with Crippen LogP contribution in [-0.4, -0.2) is 35.3 Å². The van der Waals surface area contributed by atoms with Crippen LogP contribution in [0.15, 0.2) is 30.5 Å². The third-order valence-electron chi connectivity index (χ3n) is 2.97. The highest BCUT2D eigenvalue weighted by atomic mass is 35.5. The van der Waals surface area contributed by atoms with E-state index in [1.807, 2.05) is 0 Å². The summed E-state index contributed by atoms with van der Waals surface area (Å²) in [6.45, 7) is -0.167. The number of carbonyl (C=O) groups excluding carboxylic acids is 2. The Kier molecular flexibility index (Phi) is 6.29. The molecule has 0 saturated carbocycles. The van der Waals surface area contributed by atoms with E-state index in [-0.39, 0.29) is 22.3 Å². The molecule has 0 aliphatic rings. The van der Waals surface area contributed by atoms with Gasteiger partial charge in [0.05, 0.1) is 27.2 Å². The summed E-state index contributed by atoms with van der Waals surface area (Å²) in [4.78, 5) is 29.3. The number of aromatic nitrogens is 1. The van der Waals surface area contributed by atoms with E-state index >= 15 is 0 Å². The Bertz CT molecular complexity index is 798. The molecule has 1 heterocycles. The van der Waals surface area contributed by atoms with Crippen LogP contribution in [0.2, 0.25) is 20.2 Å². The van der Waals surface area contributed by atoms with Gasteiger partial charge in [0.15, 0.2) is 0 Å². The number of nitrogens with zero attached hydrogens (tertiary/aromatic N) is 2. The van der Waals surface area contributed by atoms with Crippen LogP contribution in [0.3, 0.4) is 0 Å². The number of hydrogen-bond acceptors (Lipinski definition) is 3. The maximum atomic E-state index is 12.3. The molecule has 0 atom stereocenters. The average Bonchev–Trinajstić information content (AvgIpc) is 2.52. The molecule has 1 N–H and O–H groups in total. The Balaban J connectivity index is 2.01. The van der Waals surface area contributed by atoms with Gasteiger partial charge in [0.1, 0.15) is 5.15 Å². The Morgan fingerprint density at radius 1 is 1.08 bits per heavy atom. The number of anilines is 1. The van der Waals surface area contributed by atoms with Crippen LogP contribution in [0.1, 0.15) is 10.4 Å². The maximum Gasteiger partial charge on any atom is 0.255 e. The first-order valence-corrected chi connectivity index (χ1v) is 8.10. The number of pyridine rings is 1. The third kappa shape index (κ3) is 4.74. The molecule has 0 bridgehead atoms. The third-order valence-corrected chi connectivity index (χ3v) is 4.40. The largest absolute Gasteiger partial charge is 0.332 e. The highest BCUT2D eigenvalue weighted by Crippen LogP contribution is 2.25. The zero-order chi connectivity index (χ0) is 17.9. The maximum absolute atomic E-state index is 12.3. The van der Waals surface area contributed by atoms with Gasteiger partial charge in [0.2, 0.25) is 5.91 Å². The molecular formula is C15H11Cl4N3O2. The molecule has 2 amide bonds. The van der Waals surface area contributed by atoms with Crippen LogP contribution >= 0.6 is 46.4 Å². The van der Waals surface area contributed by atoms with Gasteiger partial charge in [-0.15, -0.1) is 0 Å². The van der Waals surface area contributed by atoms with E-state index in [1.54, 1.807) is 12.1 Å². The van der Waals surface area contributed by atoms with Crippen molar-refractivity contribution in [2.24, 2.45) is 0 Å². The van der Waals surface area contributed by atoms with Crippen molar-refractivity contribution in [3.63, 3.8) is 0 Å². The van der Waals surface area contributed by atoms with Crippen LogP contribution in [-0.2, 0) is 4.79 Å². The van der Waals surface area contributed by atoms with Crippen molar-refractivity contribution in [3.05, 3.63) is 56.2 Å². The van der Waals surface area contributed by atoms with Crippen LogP contribution in [0.25, 0.3) is 0 Å². The molecule has 2 aromatic rings. The minimum Gasteiger partial charge on any atom is -0.332 e. The molecule has 0 spiro atoms. The van der Waals surface area contributed by atoms with Gasteiger partial charge in [-0.05, 0) is 24.3 Å². The Labute approximate surface area is 158 Å². The number of hydrogen-bond donors (Lipinski definition) is 1. The number of likely N-dealkylation sites (N-methyl/N-ethyl adjacent to an activating group) is 1. The summed E-state index contributed by atoms with van der Waals surface area (Å²) in [7, 11) is 1.49. The average molecular weight is 407 g/mol. The summed E-state index contributed by atoms with van der Waals surface area (Å²) in [6.07, 6.45) is 1.30. The minimum absolute atomic E-state index is 0.105. The number of benzene rings is 1. The Morgan fingerprint density at radius 2 is 1.79 bits per heavy atom. The molecule has 0 aliphatic heterocycles. The second-order valence-electron chi connectivity index (χ2n) is 4.83. The molecule has 0 unspecified atom stereocenters. The molecule has 24 heavy (non-hydrogen) atoms. The number of halogens is 4. The lowest BCUT2D eigenvalue weighted by molar-refractivity contribution is -0.116. The van der Waals surface area contributed by atoms with Gasteiger partial charge in [-0.1, -0.05) is 46.4 Å². The highest BCUT2D eigenvalue weighted by Gasteiger charge is 2.17. The van der Waals surface area contributed by atoms with Crippen molar-refractivity contribution in [2.75, 3.05) is 18.9 Å². The quantitative estimate of drug-likeness (QED) is 0.765. The predicted octanol–water partition coefficient (Wildman–Crippen LogP) is 4.41. The van der Waals surface area contributed by atoms with Crippen LogP contribution in [0.4, 0.5) is 5.69 Å². The fraction of sp³-hybridized carbons (Fsp3) is 0.133. The summed E-state index contributed by atoms with van der Waals surface area (Å²) in [5, 5.41) is 3.60. The summed E-state index contributed by atoms with van der Waals surface area (Å²) >= 11 is 23.2. The van der Waals surface area contributed by atoms with E-state index < -0.39 is 11.8 Å². The molecule has 5 nitrogen and oxygen atoms in total. The molecule has 0 saturated heterocycles. The van der Waals surface area contributed by atoms with Gasteiger partial charge in [-0.2, -0.15) is 0 Å². The minimum atomic E-state index is -0.412. The molecule has 9 heteroatoms. The molecule has 1 aromatic heterocycles. The second kappa shape index (κ2) is 8.03. The molecule has 2 rings (SSSR count). The standard InChI is InChI=1S/C15H11Cl4N3O2/c1-22(15(24)8-4-12(18)14(19)20-6-8)7-13(23)21-9-2-3-10(16)11(17)5-9/h2-6H,7H2,1H3,(H,21,23).